The molecule has 0 fully saturated rings. The fourth-order valence-corrected chi connectivity index (χ4v) is 6.38. The van der Waals surface area contributed by atoms with E-state index in [0.29, 0.717) is 11.2 Å². The lowest BCUT2D eigenvalue weighted by atomic mass is 9.90. The Kier molecular flexibility index (Phi) is 3.33. The summed E-state index contributed by atoms with van der Waals surface area (Å²) in [6.45, 7) is 0. The van der Waals surface area contributed by atoms with Crippen molar-refractivity contribution in [2.24, 2.45) is 7.05 Å². The van der Waals surface area contributed by atoms with Crippen molar-refractivity contribution < 1.29 is 0 Å². The highest BCUT2D eigenvalue weighted by Crippen LogP contribution is 2.51. The molecule has 27 heavy (non-hydrogen) atoms. The van der Waals surface area contributed by atoms with Crippen LogP contribution in [0.25, 0.3) is 28.1 Å². The van der Waals surface area contributed by atoms with Crippen molar-refractivity contribution in [1.82, 2.24) is 4.57 Å². The molecule has 2 aliphatic carbocycles. The average Bonchev–Trinajstić information content (AvgIpc) is 3.24. The number of hydrogen-bond donors (Lipinski definition) is 0. The summed E-state index contributed by atoms with van der Waals surface area (Å²) in [5.74, 6) is 0.522. The van der Waals surface area contributed by atoms with Crippen molar-refractivity contribution >= 4 is 28.7 Å². The molecule has 3 aromatic rings. The summed E-state index contributed by atoms with van der Waals surface area (Å²) in [7, 11) is 2.19. The van der Waals surface area contributed by atoms with Gasteiger partial charge in [0.2, 0.25) is 0 Å². The number of hydrogen-bond acceptors (Lipinski definition) is 1. The lowest BCUT2D eigenvalue weighted by molar-refractivity contribution is 0.881. The van der Waals surface area contributed by atoms with E-state index in [4.69, 9.17) is 0 Å². The van der Waals surface area contributed by atoms with Crippen LogP contribution in [0.3, 0.4) is 0 Å². The smallest absolute Gasteiger partial charge is 0.0485 e. The molecule has 0 radical (unpaired) electrons. The lowest BCUT2D eigenvalue weighted by Gasteiger charge is -2.14. The summed E-state index contributed by atoms with van der Waals surface area (Å²) >= 11 is 2.03. The topological polar surface area (TPSA) is 4.93 Å². The predicted octanol–water partition coefficient (Wildman–Crippen LogP) is 6.49. The minimum atomic E-state index is 0.522. The van der Waals surface area contributed by atoms with Gasteiger partial charge < -0.3 is 4.57 Å². The standard InChI is InChI=1S/C25H21NS/c1-26-22-11-4-2-7-18(22)21-15-16(13-14-23(21)26)17-9-6-10-20-19-8-3-5-12-24(19)27-25(17)20/h3-6,8-15,19,24H,2,7H2,1H3. The second-order valence-corrected chi connectivity index (χ2v) is 8.89. The molecule has 3 aliphatic rings. The molecule has 0 N–H and O–H groups in total. The van der Waals surface area contributed by atoms with E-state index in [0.717, 1.165) is 12.8 Å². The number of aryl methyl sites for hydroxylation is 2. The molecule has 1 aromatic heterocycles. The summed E-state index contributed by atoms with van der Waals surface area (Å²) in [6.07, 6.45) is 16.0. The second kappa shape index (κ2) is 5.77. The van der Waals surface area contributed by atoms with Crippen LogP contribution in [0, 0.1) is 0 Å². The van der Waals surface area contributed by atoms with Gasteiger partial charge in [0.1, 0.15) is 0 Å². The molecule has 1 aliphatic heterocycles. The predicted molar refractivity (Wildman–Crippen MR) is 116 cm³/mol. The molecule has 0 saturated carbocycles. The molecular weight excluding hydrogens is 346 g/mol. The summed E-state index contributed by atoms with van der Waals surface area (Å²) in [5.41, 5.74) is 8.45. The first-order valence-corrected chi connectivity index (χ1v) is 10.6. The second-order valence-electron chi connectivity index (χ2n) is 7.70. The molecule has 2 heteroatoms. The monoisotopic (exact) mass is 367 g/mol. The third kappa shape index (κ3) is 2.20. The fraction of sp³-hybridized carbons (Fsp3) is 0.200. The van der Waals surface area contributed by atoms with Crippen LogP contribution in [0.1, 0.15) is 29.2 Å². The summed E-state index contributed by atoms with van der Waals surface area (Å²) in [5, 5.41) is 1.97. The Morgan fingerprint density at radius 2 is 2.00 bits per heavy atom. The molecule has 0 spiro atoms. The Morgan fingerprint density at radius 3 is 2.96 bits per heavy atom. The highest BCUT2D eigenvalue weighted by Gasteiger charge is 2.32. The van der Waals surface area contributed by atoms with Gasteiger partial charge in [0.05, 0.1) is 0 Å². The Labute approximate surface area is 164 Å². The van der Waals surface area contributed by atoms with Crippen LogP contribution in [-0.2, 0) is 13.5 Å². The maximum atomic E-state index is 2.43. The van der Waals surface area contributed by atoms with E-state index in [2.05, 4.69) is 84.5 Å². The van der Waals surface area contributed by atoms with Crippen LogP contribution in [0.4, 0.5) is 0 Å². The van der Waals surface area contributed by atoms with Gasteiger partial charge in [-0.1, -0.05) is 54.6 Å². The van der Waals surface area contributed by atoms with Crippen LogP contribution < -0.4 is 0 Å². The summed E-state index contributed by atoms with van der Waals surface area (Å²) in [4.78, 5) is 1.47. The number of allylic oxidation sites excluding steroid dienone is 4. The average molecular weight is 368 g/mol. The molecule has 2 atom stereocenters. The summed E-state index contributed by atoms with van der Waals surface area (Å²) in [6, 6.07) is 13.9. The third-order valence-corrected chi connectivity index (χ3v) is 7.66. The van der Waals surface area contributed by atoms with E-state index in [1.54, 1.807) is 0 Å². The lowest BCUT2D eigenvalue weighted by Crippen LogP contribution is -2.06. The number of thioether (sulfide) groups is 1. The normalized spacial score (nSPS) is 22.1. The van der Waals surface area contributed by atoms with E-state index in [1.165, 1.54) is 43.7 Å². The van der Waals surface area contributed by atoms with Crippen molar-refractivity contribution in [1.29, 1.82) is 0 Å². The molecule has 132 valence electrons. The number of rotatable bonds is 1. The Bertz CT molecular complexity index is 1170. The van der Waals surface area contributed by atoms with E-state index in [-0.39, 0.29) is 0 Å². The Balaban J connectivity index is 1.54. The largest absolute Gasteiger partial charge is 0.344 e. The zero-order valence-electron chi connectivity index (χ0n) is 15.4. The van der Waals surface area contributed by atoms with Gasteiger partial charge in [0, 0.05) is 39.7 Å². The summed E-state index contributed by atoms with van der Waals surface area (Å²) < 4.78 is 2.35. The number of aromatic nitrogens is 1. The number of fused-ring (bicyclic) bond motifs is 6. The van der Waals surface area contributed by atoms with E-state index >= 15 is 0 Å². The minimum absolute atomic E-state index is 0.522. The number of nitrogens with zero attached hydrogens (tertiary/aromatic N) is 1. The highest BCUT2D eigenvalue weighted by atomic mass is 32.2. The van der Waals surface area contributed by atoms with Gasteiger partial charge >= 0.3 is 0 Å². The number of benzene rings is 2. The molecule has 2 heterocycles. The van der Waals surface area contributed by atoms with Gasteiger partial charge in [-0.15, -0.1) is 11.8 Å². The Morgan fingerprint density at radius 1 is 1.07 bits per heavy atom. The van der Waals surface area contributed by atoms with Gasteiger partial charge in [-0.3, -0.25) is 0 Å². The van der Waals surface area contributed by atoms with Crippen molar-refractivity contribution in [3.63, 3.8) is 0 Å². The van der Waals surface area contributed by atoms with Gasteiger partial charge in [-0.25, -0.2) is 0 Å². The highest BCUT2D eigenvalue weighted by molar-refractivity contribution is 8.00. The zero-order valence-corrected chi connectivity index (χ0v) is 16.2. The van der Waals surface area contributed by atoms with Crippen molar-refractivity contribution in [3.05, 3.63) is 83.6 Å². The van der Waals surface area contributed by atoms with Crippen LogP contribution in [-0.4, -0.2) is 9.82 Å². The van der Waals surface area contributed by atoms with Gasteiger partial charge in [0.15, 0.2) is 0 Å². The molecule has 6 rings (SSSR count). The van der Waals surface area contributed by atoms with Crippen LogP contribution >= 0.6 is 11.8 Å². The maximum Gasteiger partial charge on any atom is 0.0485 e. The van der Waals surface area contributed by atoms with Crippen molar-refractivity contribution in [2.75, 3.05) is 0 Å². The molecule has 2 aromatic carbocycles. The SMILES string of the molecule is Cn1c2c(c3cc(-c4cccc5c4SC4C=CC=CC54)ccc31)CCC=C2. The van der Waals surface area contributed by atoms with Crippen LogP contribution in [0.15, 0.2) is 71.7 Å². The van der Waals surface area contributed by atoms with Gasteiger partial charge in [-0.2, -0.15) is 0 Å². The van der Waals surface area contributed by atoms with Crippen LogP contribution in [0.5, 0.6) is 0 Å². The molecule has 0 saturated heterocycles. The van der Waals surface area contributed by atoms with Gasteiger partial charge in [0.25, 0.3) is 0 Å². The molecule has 1 nitrogen and oxygen atoms in total. The van der Waals surface area contributed by atoms with Crippen LogP contribution in [0.2, 0.25) is 0 Å². The Hall–Kier alpha value is -2.45. The molecule has 0 bridgehead atoms. The van der Waals surface area contributed by atoms with E-state index in [1.807, 2.05) is 11.8 Å². The zero-order chi connectivity index (χ0) is 18.0. The first kappa shape index (κ1) is 15.6. The van der Waals surface area contributed by atoms with Crippen molar-refractivity contribution in [2.45, 2.75) is 28.9 Å². The minimum Gasteiger partial charge on any atom is -0.344 e. The molecule has 2 unspecified atom stereocenters. The van der Waals surface area contributed by atoms with E-state index < -0.39 is 0 Å². The quantitative estimate of drug-likeness (QED) is 0.476. The molecule has 0 amide bonds. The first-order chi connectivity index (χ1) is 13.3. The fourth-order valence-electron chi connectivity index (χ4n) is 4.90. The molecular formula is C25H21NS. The maximum absolute atomic E-state index is 2.43. The third-order valence-electron chi connectivity index (χ3n) is 6.24. The first-order valence-electron chi connectivity index (χ1n) is 9.74. The van der Waals surface area contributed by atoms with E-state index in [9.17, 15) is 0 Å². The van der Waals surface area contributed by atoms with Gasteiger partial charge in [-0.05, 0) is 53.3 Å². The van der Waals surface area contributed by atoms with Crippen molar-refractivity contribution in [3.8, 4) is 11.1 Å².